The first-order valence-corrected chi connectivity index (χ1v) is 11.0. The van der Waals surface area contributed by atoms with E-state index in [0.717, 1.165) is 5.76 Å². The fraction of sp³-hybridized carbons (Fsp3) is 0.190. The van der Waals surface area contributed by atoms with Crippen LogP contribution in [0.5, 0.6) is 5.75 Å². The van der Waals surface area contributed by atoms with Gasteiger partial charge in [-0.2, -0.15) is 0 Å². The van der Waals surface area contributed by atoms with Gasteiger partial charge in [-0.25, -0.2) is 8.42 Å². The quantitative estimate of drug-likeness (QED) is 0.480. The molecule has 30 heavy (non-hydrogen) atoms. The highest BCUT2D eigenvalue weighted by atomic mass is 35.5. The summed E-state index contributed by atoms with van der Waals surface area (Å²) >= 11 is 6.14. The van der Waals surface area contributed by atoms with Gasteiger partial charge in [-0.1, -0.05) is 11.6 Å². The molecule has 9 heteroatoms. The first-order valence-electron chi connectivity index (χ1n) is 9.16. The Morgan fingerprint density at radius 1 is 1.13 bits per heavy atom. The molecule has 0 spiro atoms. The molecule has 0 unspecified atom stereocenters. The molecule has 2 N–H and O–H groups in total. The van der Waals surface area contributed by atoms with Crippen LogP contribution in [0, 0.1) is 0 Å². The number of benzene rings is 2. The number of halogens is 1. The molecule has 0 bridgehead atoms. The van der Waals surface area contributed by atoms with Crippen molar-refractivity contribution in [3.8, 4) is 5.75 Å². The molecule has 0 atom stereocenters. The van der Waals surface area contributed by atoms with E-state index in [4.69, 9.17) is 20.8 Å². The Kier molecular flexibility index (Phi) is 7.02. The van der Waals surface area contributed by atoms with Crippen LogP contribution in [0.2, 0.25) is 5.02 Å². The highest BCUT2D eigenvalue weighted by molar-refractivity contribution is 7.92. The number of carbonyl (C=O) groups excluding carboxylic acids is 1. The minimum absolute atomic E-state index is 0.0715. The number of carbonyl (C=O) groups is 1. The van der Waals surface area contributed by atoms with Crippen LogP contribution in [-0.2, 0) is 16.4 Å². The Bertz CT molecular complexity index is 1100. The van der Waals surface area contributed by atoms with E-state index >= 15 is 0 Å². The maximum absolute atomic E-state index is 12.6. The van der Waals surface area contributed by atoms with Crippen molar-refractivity contribution in [2.24, 2.45) is 0 Å². The second kappa shape index (κ2) is 9.69. The van der Waals surface area contributed by atoms with E-state index in [9.17, 15) is 13.2 Å². The maximum Gasteiger partial charge on any atom is 0.261 e. The summed E-state index contributed by atoms with van der Waals surface area (Å²) in [5.41, 5.74) is 0.417. The predicted molar refractivity (Wildman–Crippen MR) is 115 cm³/mol. The van der Waals surface area contributed by atoms with Crippen LogP contribution >= 0.6 is 11.6 Å². The summed E-state index contributed by atoms with van der Waals surface area (Å²) < 4.78 is 37.9. The largest absolute Gasteiger partial charge is 0.497 e. The standard InChI is InChI=1S/C21H21ClN2O5S/c1-28-16-7-9-18(10-8-16)30(26,27)24-15-6-11-20(22)19(14-15)21(25)23-12-2-4-17-5-3-13-29-17/h3,5-11,13-14,24H,2,4,12H2,1H3,(H,23,25). The number of hydrogen-bond acceptors (Lipinski definition) is 5. The molecule has 0 aliphatic carbocycles. The number of hydrogen-bond donors (Lipinski definition) is 2. The number of methoxy groups -OCH3 is 1. The molecule has 1 heterocycles. The zero-order valence-corrected chi connectivity index (χ0v) is 17.8. The Morgan fingerprint density at radius 2 is 1.90 bits per heavy atom. The molecular formula is C21H21ClN2O5S. The highest BCUT2D eigenvalue weighted by Gasteiger charge is 2.17. The molecule has 7 nitrogen and oxygen atoms in total. The molecule has 3 aromatic rings. The minimum atomic E-state index is -3.83. The van der Waals surface area contributed by atoms with Gasteiger partial charge >= 0.3 is 0 Å². The summed E-state index contributed by atoms with van der Waals surface area (Å²) in [7, 11) is -2.33. The minimum Gasteiger partial charge on any atom is -0.497 e. The van der Waals surface area contributed by atoms with Crippen LogP contribution in [0.3, 0.4) is 0 Å². The zero-order valence-electron chi connectivity index (χ0n) is 16.2. The average Bonchev–Trinajstić information content (AvgIpc) is 3.26. The summed E-state index contributed by atoms with van der Waals surface area (Å²) in [6, 6.07) is 14.0. The van der Waals surface area contributed by atoms with Gasteiger partial charge < -0.3 is 14.5 Å². The van der Waals surface area contributed by atoms with Gasteiger partial charge in [-0.3, -0.25) is 9.52 Å². The van der Waals surface area contributed by atoms with E-state index in [-0.39, 0.29) is 27.1 Å². The fourth-order valence-corrected chi connectivity index (χ4v) is 4.00. The van der Waals surface area contributed by atoms with Crippen molar-refractivity contribution >= 4 is 33.2 Å². The molecule has 0 aliphatic rings. The van der Waals surface area contributed by atoms with Gasteiger partial charge in [-0.15, -0.1) is 0 Å². The number of furan rings is 1. The lowest BCUT2D eigenvalue weighted by atomic mass is 10.2. The number of ether oxygens (including phenoxy) is 1. The first kappa shape index (κ1) is 21.7. The number of anilines is 1. The van der Waals surface area contributed by atoms with Crippen molar-refractivity contribution < 1.29 is 22.4 Å². The molecule has 2 aromatic carbocycles. The summed E-state index contributed by atoms with van der Waals surface area (Å²) in [6.07, 6.45) is 3.00. The summed E-state index contributed by atoms with van der Waals surface area (Å²) in [6.45, 7) is 0.428. The van der Waals surface area contributed by atoms with E-state index < -0.39 is 10.0 Å². The lowest BCUT2D eigenvalue weighted by Crippen LogP contribution is -2.25. The van der Waals surface area contributed by atoms with E-state index in [1.807, 2.05) is 12.1 Å². The van der Waals surface area contributed by atoms with Crippen molar-refractivity contribution in [2.75, 3.05) is 18.4 Å². The average molecular weight is 449 g/mol. The maximum atomic E-state index is 12.6. The SMILES string of the molecule is COc1ccc(S(=O)(=O)Nc2ccc(Cl)c(C(=O)NCCCc3ccco3)c2)cc1. The molecule has 158 valence electrons. The van der Waals surface area contributed by atoms with Gasteiger partial charge in [0.25, 0.3) is 15.9 Å². The molecule has 0 radical (unpaired) electrons. The summed E-state index contributed by atoms with van der Waals surface area (Å²) in [5, 5.41) is 3.01. The second-order valence-corrected chi connectivity index (χ2v) is 8.50. The normalized spacial score (nSPS) is 11.1. The van der Waals surface area contributed by atoms with Crippen molar-refractivity contribution in [1.82, 2.24) is 5.32 Å². The number of rotatable bonds is 9. The zero-order chi connectivity index (χ0) is 21.6. The number of aryl methyl sites for hydroxylation is 1. The molecular weight excluding hydrogens is 428 g/mol. The van der Waals surface area contributed by atoms with Crippen molar-refractivity contribution in [1.29, 1.82) is 0 Å². The topological polar surface area (TPSA) is 97.6 Å². The molecule has 1 aromatic heterocycles. The lowest BCUT2D eigenvalue weighted by Gasteiger charge is -2.11. The summed E-state index contributed by atoms with van der Waals surface area (Å²) in [4.78, 5) is 12.5. The van der Waals surface area contributed by atoms with Crippen LogP contribution in [-0.4, -0.2) is 28.0 Å². The smallest absolute Gasteiger partial charge is 0.261 e. The molecule has 0 saturated carbocycles. The van der Waals surface area contributed by atoms with Gasteiger partial charge in [0.1, 0.15) is 11.5 Å². The third kappa shape index (κ3) is 5.55. The van der Waals surface area contributed by atoms with Gasteiger partial charge in [0.15, 0.2) is 0 Å². The Morgan fingerprint density at radius 3 is 2.57 bits per heavy atom. The van der Waals surface area contributed by atoms with Crippen molar-refractivity contribution in [2.45, 2.75) is 17.7 Å². The molecule has 0 aliphatic heterocycles. The Balaban J connectivity index is 1.65. The Hall–Kier alpha value is -2.97. The van der Waals surface area contributed by atoms with Crippen molar-refractivity contribution in [3.05, 3.63) is 77.2 Å². The lowest BCUT2D eigenvalue weighted by molar-refractivity contribution is 0.0953. The van der Waals surface area contributed by atoms with Crippen LogP contribution in [0.4, 0.5) is 5.69 Å². The van der Waals surface area contributed by atoms with Crippen LogP contribution < -0.4 is 14.8 Å². The van der Waals surface area contributed by atoms with Crippen molar-refractivity contribution in [3.63, 3.8) is 0 Å². The monoisotopic (exact) mass is 448 g/mol. The number of sulfonamides is 1. The van der Waals surface area contributed by atoms with Gasteiger partial charge in [0.05, 0.1) is 28.9 Å². The molecule has 0 saturated heterocycles. The third-order valence-corrected chi connectivity index (χ3v) is 6.03. The van der Waals surface area contributed by atoms with E-state index in [1.54, 1.807) is 18.4 Å². The number of nitrogens with one attached hydrogen (secondary N) is 2. The Labute approximate surface area is 180 Å². The second-order valence-electron chi connectivity index (χ2n) is 6.41. The van der Waals surface area contributed by atoms with Gasteiger partial charge in [0.2, 0.25) is 0 Å². The van der Waals surface area contributed by atoms with Crippen LogP contribution in [0.25, 0.3) is 0 Å². The van der Waals surface area contributed by atoms with Gasteiger partial charge in [-0.05, 0) is 61.0 Å². The van der Waals surface area contributed by atoms with E-state index in [2.05, 4.69) is 10.0 Å². The molecule has 0 fully saturated rings. The molecule has 1 amide bonds. The number of amides is 1. The fourth-order valence-electron chi connectivity index (χ4n) is 2.75. The summed E-state index contributed by atoms with van der Waals surface area (Å²) in [5.74, 6) is 1.01. The van der Waals surface area contributed by atoms with Gasteiger partial charge in [0, 0.05) is 18.7 Å². The predicted octanol–water partition coefficient (Wildman–Crippen LogP) is 4.11. The highest BCUT2D eigenvalue weighted by Crippen LogP contribution is 2.24. The van der Waals surface area contributed by atoms with Crippen LogP contribution in [0.1, 0.15) is 22.5 Å². The van der Waals surface area contributed by atoms with E-state index in [1.165, 1.54) is 37.4 Å². The molecule has 3 rings (SSSR count). The van der Waals surface area contributed by atoms with E-state index in [0.29, 0.717) is 25.1 Å². The third-order valence-electron chi connectivity index (χ3n) is 4.30. The van der Waals surface area contributed by atoms with Crippen LogP contribution in [0.15, 0.2) is 70.2 Å². The first-order chi connectivity index (χ1) is 14.4.